The summed E-state index contributed by atoms with van der Waals surface area (Å²) in [6.45, 7) is 3.97. The van der Waals surface area contributed by atoms with Crippen molar-refractivity contribution in [1.82, 2.24) is 0 Å². The normalized spacial score (nSPS) is 9.38. The zero-order valence-corrected chi connectivity index (χ0v) is 5.60. The summed E-state index contributed by atoms with van der Waals surface area (Å²) in [5.74, 6) is 0.280. The van der Waals surface area contributed by atoms with Crippen molar-refractivity contribution in [2.24, 2.45) is 5.92 Å². The van der Waals surface area contributed by atoms with Gasteiger partial charge in [-0.3, -0.25) is 4.79 Å². The van der Waals surface area contributed by atoms with Crippen molar-refractivity contribution in [3.05, 3.63) is 0 Å². The minimum Gasteiger partial charge on any atom is -0.543 e. The fourth-order valence-electron chi connectivity index (χ4n) is 0.417. The summed E-state index contributed by atoms with van der Waals surface area (Å²) < 4.78 is 4.42. The van der Waals surface area contributed by atoms with E-state index in [0.29, 0.717) is 12.3 Å². The summed E-state index contributed by atoms with van der Waals surface area (Å²) in [7, 11) is 1.41. The predicted octanol–water partition coefficient (Wildman–Crippen LogP) is 0.124. The number of carbonyl (C=O) groups excluding carboxylic acids is 1. The zero-order chi connectivity index (χ0) is 6.57. The maximum Gasteiger partial charge on any atom is 0.325 e. The molecule has 8 heavy (non-hydrogen) atoms. The van der Waals surface area contributed by atoms with Gasteiger partial charge < -0.3 is 4.65 Å². The second kappa shape index (κ2) is 3.53. The van der Waals surface area contributed by atoms with E-state index in [1.54, 1.807) is 0 Å². The first-order chi connectivity index (χ1) is 3.66. The largest absolute Gasteiger partial charge is 0.543 e. The average Bonchev–Trinajstić information content (AvgIpc) is 1.65. The van der Waals surface area contributed by atoms with Crippen molar-refractivity contribution >= 4 is 14.0 Å². The topological polar surface area (TPSA) is 26.3 Å². The molecule has 0 aromatic rings. The maximum atomic E-state index is 10.4. The summed E-state index contributed by atoms with van der Waals surface area (Å²) in [4.78, 5) is 10.4. The highest BCUT2D eigenvalue weighted by Crippen LogP contribution is 1.98. The second-order valence-corrected chi connectivity index (χ2v) is 2.17. The van der Waals surface area contributed by atoms with Gasteiger partial charge in [-0.05, 0) is 5.92 Å². The minimum atomic E-state index is -0.125. The summed E-state index contributed by atoms with van der Waals surface area (Å²) in [5.41, 5.74) is 0. The number of hydrogen-bond acceptors (Lipinski definition) is 2. The van der Waals surface area contributed by atoms with Gasteiger partial charge in [0.1, 0.15) is 0 Å². The molecular formula is C5H11BO2. The number of carbonyl (C=O) groups is 1. The van der Waals surface area contributed by atoms with E-state index < -0.39 is 0 Å². The second-order valence-electron chi connectivity index (χ2n) is 2.17. The van der Waals surface area contributed by atoms with Crippen molar-refractivity contribution in [1.29, 1.82) is 0 Å². The Bertz CT molecular complexity index is 80.5. The third kappa shape index (κ3) is 3.72. The van der Waals surface area contributed by atoms with Crippen LogP contribution in [-0.2, 0) is 9.45 Å². The molecule has 46 valence electrons. The van der Waals surface area contributed by atoms with Crippen molar-refractivity contribution in [2.45, 2.75) is 20.3 Å². The van der Waals surface area contributed by atoms with Gasteiger partial charge in [0.2, 0.25) is 0 Å². The Morgan fingerprint density at radius 1 is 1.75 bits per heavy atom. The quantitative estimate of drug-likeness (QED) is 0.476. The van der Waals surface area contributed by atoms with Gasteiger partial charge >= 0.3 is 8.05 Å². The van der Waals surface area contributed by atoms with Gasteiger partial charge in [0.15, 0.2) is 0 Å². The van der Waals surface area contributed by atoms with E-state index in [4.69, 9.17) is 0 Å². The third-order valence-corrected chi connectivity index (χ3v) is 0.803. The van der Waals surface area contributed by atoms with E-state index in [9.17, 15) is 4.79 Å². The van der Waals surface area contributed by atoms with E-state index >= 15 is 0 Å². The molecule has 0 rings (SSSR count). The Labute approximate surface area is 50.7 Å². The van der Waals surface area contributed by atoms with Gasteiger partial charge in [-0.15, -0.1) is 0 Å². The van der Waals surface area contributed by atoms with E-state index in [0.717, 1.165) is 0 Å². The first-order valence-corrected chi connectivity index (χ1v) is 2.73. The molecule has 0 bridgehead atoms. The molecule has 0 saturated carbocycles. The molecule has 0 N–H and O–H groups in total. The van der Waals surface area contributed by atoms with Gasteiger partial charge in [0, 0.05) is 6.42 Å². The molecule has 0 atom stereocenters. The molecule has 0 saturated heterocycles. The van der Waals surface area contributed by atoms with Gasteiger partial charge in [-0.2, -0.15) is 0 Å². The van der Waals surface area contributed by atoms with Crippen LogP contribution < -0.4 is 0 Å². The summed E-state index contributed by atoms with van der Waals surface area (Å²) in [6, 6.07) is 0. The van der Waals surface area contributed by atoms with Crippen LogP contribution in [0.4, 0.5) is 0 Å². The highest BCUT2D eigenvalue weighted by atomic mass is 16.5. The lowest BCUT2D eigenvalue weighted by Crippen LogP contribution is -2.04. The maximum absolute atomic E-state index is 10.4. The Hall–Kier alpha value is -0.465. The lowest BCUT2D eigenvalue weighted by Gasteiger charge is -2.00. The Morgan fingerprint density at radius 2 is 2.25 bits per heavy atom. The smallest absolute Gasteiger partial charge is 0.325 e. The fourth-order valence-corrected chi connectivity index (χ4v) is 0.417. The number of hydrogen-bond donors (Lipinski definition) is 0. The van der Waals surface area contributed by atoms with Crippen LogP contribution in [0.15, 0.2) is 0 Å². The SMILES string of the molecule is BOC(=O)CC(C)C. The van der Waals surface area contributed by atoms with Crippen molar-refractivity contribution < 1.29 is 9.45 Å². The number of rotatable bonds is 2. The molecule has 0 aromatic heterocycles. The van der Waals surface area contributed by atoms with Gasteiger partial charge in [0.25, 0.3) is 5.97 Å². The molecule has 0 amide bonds. The van der Waals surface area contributed by atoms with E-state index in [1.165, 1.54) is 8.05 Å². The lowest BCUT2D eigenvalue weighted by molar-refractivity contribution is -0.134. The summed E-state index contributed by atoms with van der Waals surface area (Å²) in [5, 5.41) is 0. The predicted molar refractivity (Wildman–Crippen MR) is 34.1 cm³/mol. The van der Waals surface area contributed by atoms with Crippen LogP contribution in [0.5, 0.6) is 0 Å². The van der Waals surface area contributed by atoms with Crippen LogP contribution in [-0.4, -0.2) is 14.0 Å². The van der Waals surface area contributed by atoms with Crippen LogP contribution in [0, 0.1) is 5.92 Å². The van der Waals surface area contributed by atoms with Crippen molar-refractivity contribution in [2.75, 3.05) is 0 Å². The lowest BCUT2D eigenvalue weighted by atomic mass is 10.1. The van der Waals surface area contributed by atoms with Crippen LogP contribution in [0.3, 0.4) is 0 Å². The molecule has 0 aliphatic carbocycles. The highest BCUT2D eigenvalue weighted by molar-refractivity contribution is 6.05. The van der Waals surface area contributed by atoms with E-state index in [1.807, 2.05) is 13.8 Å². The molecule has 3 heteroatoms. The molecule has 0 heterocycles. The van der Waals surface area contributed by atoms with Gasteiger partial charge in [0.05, 0.1) is 0 Å². The molecular weight excluding hydrogens is 103 g/mol. The molecule has 0 aliphatic heterocycles. The van der Waals surface area contributed by atoms with E-state index in [2.05, 4.69) is 4.65 Å². The molecule has 0 unspecified atom stereocenters. The van der Waals surface area contributed by atoms with Gasteiger partial charge in [-0.25, -0.2) is 0 Å². The summed E-state index contributed by atoms with van der Waals surface area (Å²) in [6.07, 6.45) is 0.524. The molecule has 0 radical (unpaired) electrons. The van der Waals surface area contributed by atoms with Crippen molar-refractivity contribution in [3.63, 3.8) is 0 Å². The van der Waals surface area contributed by atoms with Crippen LogP contribution in [0.2, 0.25) is 0 Å². The van der Waals surface area contributed by atoms with Crippen LogP contribution >= 0.6 is 0 Å². The molecule has 0 spiro atoms. The first kappa shape index (κ1) is 7.53. The Kier molecular flexibility index (Phi) is 3.32. The molecule has 0 aromatic carbocycles. The molecule has 0 aliphatic rings. The fraction of sp³-hybridized carbons (Fsp3) is 0.800. The first-order valence-electron chi connectivity index (χ1n) is 2.73. The average molecular weight is 114 g/mol. The minimum absolute atomic E-state index is 0.125. The standard InChI is InChI=1S/C5H11BO2/c1-4(2)3-5(7)8-6/h4H,3,6H2,1-2H3. The molecule has 2 nitrogen and oxygen atoms in total. The Balaban J connectivity index is 3.25. The van der Waals surface area contributed by atoms with Crippen LogP contribution in [0.1, 0.15) is 20.3 Å². The Morgan fingerprint density at radius 3 is 2.38 bits per heavy atom. The van der Waals surface area contributed by atoms with Crippen molar-refractivity contribution in [3.8, 4) is 0 Å². The zero-order valence-electron chi connectivity index (χ0n) is 5.60. The molecule has 0 fully saturated rings. The van der Waals surface area contributed by atoms with Gasteiger partial charge in [-0.1, -0.05) is 13.8 Å². The monoisotopic (exact) mass is 114 g/mol. The third-order valence-electron chi connectivity index (χ3n) is 0.803. The summed E-state index contributed by atoms with van der Waals surface area (Å²) >= 11 is 0. The van der Waals surface area contributed by atoms with E-state index in [-0.39, 0.29) is 5.97 Å². The highest BCUT2D eigenvalue weighted by Gasteiger charge is 2.01. The van der Waals surface area contributed by atoms with Crippen LogP contribution in [0.25, 0.3) is 0 Å².